The number of allylic oxidation sites excluding steroid dienone is 3. The summed E-state index contributed by atoms with van der Waals surface area (Å²) in [5, 5.41) is 0. The Balaban J connectivity index is 1.12. The van der Waals surface area contributed by atoms with Gasteiger partial charge in [-0.1, -0.05) is 38.3 Å². The van der Waals surface area contributed by atoms with Crippen LogP contribution in [0.2, 0.25) is 0 Å². The number of fused-ring (bicyclic) bond motifs is 1. The largest absolute Gasteiger partial charge is 0.491 e. The summed E-state index contributed by atoms with van der Waals surface area (Å²) in [5.74, 6) is 0.939. The third-order valence-electron chi connectivity index (χ3n) is 11.0. The van der Waals surface area contributed by atoms with E-state index in [1.807, 2.05) is 0 Å². The lowest BCUT2D eigenvalue weighted by molar-refractivity contribution is 0.0500. The summed E-state index contributed by atoms with van der Waals surface area (Å²) in [6.07, 6.45) is 16.3. The van der Waals surface area contributed by atoms with E-state index in [-0.39, 0.29) is 23.7 Å². The van der Waals surface area contributed by atoms with E-state index in [1.165, 1.54) is 95.4 Å². The number of hydrogen-bond donors (Lipinski definition) is 0. The maximum Gasteiger partial charge on any atom is 0.200 e. The monoisotopic (exact) mass is 576 g/mol. The molecule has 4 aliphatic carbocycles. The molecule has 2 nitrogen and oxygen atoms in total. The first-order valence-electron chi connectivity index (χ1n) is 16.2. The molecule has 1 aromatic rings. The van der Waals surface area contributed by atoms with Gasteiger partial charge in [0.15, 0.2) is 29.3 Å². The Labute approximate surface area is 244 Å². The molecule has 4 aliphatic rings. The van der Waals surface area contributed by atoms with Crippen LogP contribution in [0.1, 0.15) is 103 Å². The second-order valence-electron chi connectivity index (χ2n) is 13.5. The lowest BCUT2D eigenvalue weighted by atomic mass is 9.60. The Kier molecular flexibility index (Phi) is 9.75. The quantitative estimate of drug-likeness (QED) is 0.272. The zero-order chi connectivity index (χ0) is 29.1. The van der Waals surface area contributed by atoms with Crippen LogP contribution in [0.25, 0.3) is 0 Å². The van der Waals surface area contributed by atoms with Gasteiger partial charge in [-0.3, -0.25) is 0 Å². The van der Waals surface area contributed by atoms with Crippen molar-refractivity contribution in [2.75, 3.05) is 13.2 Å². The summed E-state index contributed by atoms with van der Waals surface area (Å²) in [4.78, 5) is 0. The molecule has 0 amide bonds. The normalized spacial score (nSPS) is 35.7. The Morgan fingerprint density at radius 3 is 2.12 bits per heavy atom. The Morgan fingerprint density at radius 2 is 1.41 bits per heavy atom. The number of ether oxygens (including phenoxy) is 2. The first-order valence-corrected chi connectivity index (χ1v) is 16.2. The zero-order valence-electron chi connectivity index (χ0n) is 25.1. The van der Waals surface area contributed by atoms with Crippen molar-refractivity contribution in [1.82, 2.24) is 0 Å². The van der Waals surface area contributed by atoms with Gasteiger partial charge in [0.25, 0.3) is 0 Å². The fraction of sp³-hybridized carbons (Fsp3) is 0.714. The number of halogens is 4. The first-order chi connectivity index (χ1) is 19.7. The molecular formula is C35H48F4O2. The van der Waals surface area contributed by atoms with Crippen molar-refractivity contribution >= 4 is 0 Å². The predicted molar refractivity (Wildman–Crippen MR) is 155 cm³/mol. The number of hydrogen-bond acceptors (Lipinski definition) is 2. The summed E-state index contributed by atoms with van der Waals surface area (Å²) in [7, 11) is 0. The van der Waals surface area contributed by atoms with E-state index in [4.69, 9.17) is 9.47 Å². The van der Waals surface area contributed by atoms with Crippen molar-refractivity contribution in [2.45, 2.75) is 109 Å². The topological polar surface area (TPSA) is 18.5 Å². The predicted octanol–water partition coefficient (Wildman–Crippen LogP) is 10.2. The highest BCUT2D eigenvalue weighted by Crippen LogP contribution is 2.50. The minimum Gasteiger partial charge on any atom is -0.491 e. The van der Waals surface area contributed by atoms with Crippen LogP contribution in [-0.4, -0.2) is 19.4 Å². The van der Waals surface area contributed by atoms with E-state index in [0.29, 0.717) is 12.5 Å². The van der Waals surface area contributed by atoms with Gasteiger partial charge in [-0.15, -0.1) is 0 Å². The minimum absolute atomic E-state index is 0.138. The molecule has 5 rings (SSSR count). The van der Waals surface area contributed by atoms with Crippen molar-refractivity contribution in [3.63, 3.8) is 0 Å². The van der Waals surface area contributed by atoms with E-state index < -0.39 is 29.0 Å². The molecule has 41 heavy (non-hydrogen) atoms. The molecule has 0 bridgehead atoms. The SMILES string of the molecule is CCCC1CCC2CC(C3CCC(COC4=C(F)C(F)C(C)(c5ccc(OCC)c(F)c5F)C=C4)CC3)CCC2C1. The van der Waals surface area contributed by atoms with Gasteiger partial charge >= 0.3 is 0 Å². The highest BCUT2D eigenvalue weighted by molar-refractivity contribution is 5.44. The van der Waals surface area contributed by atoms with Gasteiger partial charge in [-0.05, 0) is 119 Å². The van der Waals surface area contributed by atoms with Crippen molar-refractivity contribution < 1.29 is 27.0 Å². The van der Waals surface area contributed by atoms with Crippen LogP contribution >= 0.6 is 0 Å². The molecule has 0 saturated heterocycles. The average Bonchev–Trinajstić information content (AvgIpc) is 2.98. The molecule has 0 aromatic heterocycles. The summed E-state index contributed by atoms with van der Waals surface area (Å²) >= 11 is 0. The van der Waals surface area contributed by atoms with E-state index in [9.17, 15) is 8.78 Å². The van der Waals surface area contributed by atoms with Gasteiger partial charge in [0.2, 0.25) is 5.82 Å². The minimum atomic E-state index is -2.18. The average molecular weight is 577 g/mol. The lowest BCUT2D eigenvalue weighted by Gasteiger charge is -2.45. The first kappa shape index (κ1) is 30.5. The molecular weight excluding hydrogens is 528 g/mol. The maximum atomic E-state index is 15.4. The van der Waals surface area contributed by atoms with E-state index >= 15 is 8.78 Å². The number of benzene rings is 1. The second-order valence-corrected chi connectivity index (χ2v) is 13.5. The Hall–Kier alpha value is -1.98. The van der Waals surface area contributed by atoms with Crippen molar-refractivity contribution in [3.05, 3.63) is 53.1 Å². The smallest absolute Gasteiger partial charge is 0.200 e. The standard InChI is InChI=1S/C35H48F4O2/c1-4-6-22-7-12-27-20-26(14-13-25(27)19-22)24-10-8-23(9-11-24)21-41-30-17-18-35(3,34(39)33(30)38)28-15-16-29(40-5-2)32(37)31(28)36/h15-18,22-27,34H,4-14,19-21H2,1-3H3. The fourth-order valence-electron chi connectivity index (χ4n) is 8.51. The molecule has 0 radical (unpaired) electrons. The molecule has 0 aliphatic heterocycles. The lowest BCUT2D eigenvalue weighted by Crippen LogP contribution is -2.36. The summed E-state index contributed by atoms with van der Waals surface area (Å²) in [6, 6.07) is 2.53. The molecule has 1 aromatic carbocycles. The van der Waals surface area contributed by atoms with Gasteiger partial charge < -0.3 is 9.47 Å². The van der Waals surface area contributed by atoms with Crippen LogP contribution in [-0.2, 0) is 10.2 Å². The van der Waals surface area contributed by atoms with E-state index in [0.717, 1.165) is 42.4 Å². The van der Waals surface area contributed by atoms with Gasteiger partial charge in [-0.25, -0.2) is 13.2 Å². The summed E-state index contributed by atoms with van der Waals surface area (Å²) in [5.41, 5.74) is -1.95. The summed E-state index contributed by atoms with van der Waals surface area (Å²) in [6.45, 7) is 5.86. The zero-order valence-corrected chi connectivity index (χ0v) is 25.1. The highest BCUT2D eigenvalue weighted by Gasteiger charge is 2.44. The van der Waals surface area contributed by atoms with Crippen LogP contribution in [0.3, 0.4) is 0 Å². The molecule has 6 unspecified atom stereocenters. The van der Waals surface area contributed by atoms with Crippen molar-refractivity contribution in [1.29, 1.82) is 0 Å². The molecule has 3 saturated carbocycles. The molecule has 6 heteroatoms. The molecule has 0 heterocycles. The van der Waals surface area contributed by atoms with Crippen molar-refractivity contribution in [2.24, 2.45) is 35.5 Å². The van der Waals surface area contributed by atoms with Crippen molar-refractivity contribution in [3.8, 4) is 5.75 Å². The number of alkyl halides is 1. The third-order valence-corrected chi connectivity index (χ3v) is 11.0. The Morgan fingerprint density at radius 1 is 0.780 bits per heavy atom. The number of rotatable bonds is 9. The molecule has 6 atom stereocenters. The fourth-order valence-corrected chi connectivity index (χ4v) is 8.51. The summed E-state index contributed by atoms with van der Waals surface area (Å²) < 4.78 is 70.9. The van der Waals surface area contributed by atoms with Crippen LogP contribution in [0.15, 0.2) is 35.9 Å². The molecule has 3 fully saturated rings. The van der Waals surface area contributed by atoms with Crippen LogP contribution in [0.5, 0.6) is 5.75 Å². The van der Waals surface area contributed by atoms with E-state index in [1.54, 1.807) is 6.92 Å². The van der Waals surface area contributed by atoms with Crippen LogP contribution in [0, 0.1) is 47.1 Å². The maximum absolute atomic E-state index is 15.4. The van der Waals surface area contributed by atoms with Gasteiger partial charge in [-0.2, -0.15) is 4.39 Å². The van der Waals surface area contributed by atoms with E-state index in [2.05, 4.69) is 6.92 Å². The van der Waals surface area contributed by atoms with Crippen LogP contribution < -0.4 is 4.74 Å². The highest BCUT2D eigenvalue weighted by atomic mass is 19.2. The van der Waals surface area contributed by atoms with Gasteiger partial charge in [0.1, 0.15) is 0 Å². The van der Waals surface area contributed by atoms with Gasteiger partial charge in [0, 0.05) is 5.56 Å². The molecule has 0 spiro atoms. The second kappa shape index (κ2) is 13.1. The molecule has 0 N–H and O–H groups in total. The van der Waals surface area contributed by atoms with Gasteiger partial charge in [0.05, 0.1) is 18.6 Å². The third kappa shape index (κ3) is 6.37. The Bertz CT molecular complexity index is 1110. The van der Waals surface area contributed by atoms with Crippen LogP contribution in [0.4, 0.5) is 17.6 Å². The molecule has 228 valence electrons.